The Morgan fingerprint density at radius 3 is 3.19 bits per heavy atom. The van der Waals surface area contributed by atoms with Gasteiger partial charge in [0.1, 0.15) is 12.3 Å². The first-order valence-electron chi connectivity index (χ1n) is 7.10. The molecule has 2 aromatic rings. The van der Waals surface area contributed by atoms with Crippen LogP contribution in [0.1, 0.15) is 25.5 Å². The molecule has 1 saturated heterocycles. The molecule has 0 saturated carbocycles. The molecule has 2 unspecified atom stereocenters. The van der Waals surface area contributed by atoms with E-state index in [1.807, 2.05) is 29.3 Å². The minimum Gasteiger partial charge on any atom is -0.480 e. The van der Waals surface area contributed by atoms with E-state index in [1.165, 1.54) is 0 Å². The lowest BCUT2D eigenvalue weighted by molar-refractivity contribution is -0.147. The van der Waals surface area contributed by atoms with Gasteiger partial charge in [-0.2, -0.15) is 0 Å². The number of hydrogen-bond acceptors (Lipinski definition) is 5. The van der Waals surface area contributed by atoms with Crippen LogP contribution in [0.25, 0.3) is 10.8 Å². The largest absolute Gasteiger partial charge is 0.480 e. The summed E-state index contributed by atoms with van der Waals surface area (Å²) >= 11 is 1.58. The molecule has 112 valence electrons. The van der Waals surface area contributed by atoms with Crippen molar-refractivity contribution in [3.63, 3.8) is 0 Å². The molecule has 6 heteroatoms. The molecule has 1 N–H and O–H groups in total. The highest BCUT2D eigenvalue weighted by atomic mass is 32.1. The second-order valence-electron chi connectivity index (χ2n) is 5.49. The lowest BCUT2D eigenvalue weighted by Gasteiger charge is -2.36. The van der Waals surface area contributed by atoms with Crippen molar-refractivity contribution in [1.29, 1.82) is 0 Å². The van der Waals surface area contributed by atoms with E-state index in [4.69, 9.17) is 4.42 Å². The molecule has 1 fully saturated rings. The summed E-state index contributed by atoms with van der Waals surface area (Å²) < 4.78 is 5.50. The number of aromatic nitrogens is 1. The average molecular weight is 306 g/mol. The molecule has 21 heavy (non-hydrogen) atoms. The third-order valence-electron chi connectivity index (χ3n) is 3.94. The molecule has 2 aromatic heterocycles. The summed E-state index contributed by atoms with van der Waals surface area (Å²) in [5.41, 5.74) is 0.791. The maximum Gasteiger partial charge on any atom is 0.321 e. The number of aliphatic carboxylic acids is 1. The van der Waals surface area contributed by atoms with Crippen molar-refractivity contribution >= 4 is 17.3 Å². The molecule has 1 aliphatic heterocycles. The van der Waals surface area contributed by atoms with Crippen molar-refractivity contribution in [3.05, 3.63) is 29.5 Å². The monoisotopic (exact) mass is 306 g/mol. The van der Waals surface area contributed by atoms with Gasteiger partial charge in [0, 0.05) is 6.54 Å². The molecule has 0 bridgehead atoms. The number of hydrogen-bond donors (Lipinski definition) is 1. The molecule has 0 aliphatic carbocycles. The summed E-state index contributed by atoms with van der Waals surface area (Å²) in [6, 6.07) is 3.49. The van der Waals surface area contributed by atoms with Crippen LogP contribution in [0.3, 0.4) is 0 Å². The van der Waals surface area contributed by atoms with Gasteiger partial charge in [0.05, 0.1) is 10.6 Å². The van der Waals surface area contributed by atoms with E-state index in [0.29, 0.717) is 12.4 Å². The predicted octanol–water partition coefficient (Wildman–Crippen LogP) is 3.09. The number of nitrogens with zero attached hydrogens (tertiary/aromatic N) is 2. The highest BCUT2D eigenvalue weighted by Crippen LogP contribution is 2.27. The first kappa shape index (κ1) is 14.3. The van der Waals surface area contributed by atoms with Crippen LogP contribution in [0.5, 0.6) is 0 Å². The summed E-state index contributed by atoms with van der Waals surface area (Å²) in [4.78, 5) is 18.9. The summed E-state index contributed by atoms with van der Waals surface area (Å²) in [5.74, 6) is 0.0287. The van der Waals surface area contributed by atoms with E-state index in [1.54, 1.807) is 17.6 Å². The van der Waals surface area contributed by atoms with Crippen molar-refractivity contribution in [3.8, 4) is 10.8 Å². The van der Waals surface area contributed by atoms with E-state index in [0.717, 1.165) is 30.0 Å². The molecule has 3 rings (SSSR count). The maximum absolute atomic E-state index is 11.5. The Labute approximate surface area is 127 Å². The topological polar surface area (TPSA) is 66.6 Å². The molecule has 2 atom stereocenters. The number of oxazole rings is 1. The summed E-state index contributed by atoms with van der Waals surface area (Å²) in [5, 5.41) is 11.4. The zero-order chi connectivity index (χ0) is 14.8. The number of thiophene rings is 1. The van der Waals surface area contributed by atoms with Crippen LogP contribution in [0.15, 0.2) is 28.2 Å². The Bertz CT molecular complexity index is 608. The first-order valence-corrected chi connectivity index (χ1v) is 7.98. The van der Waals surface area contributed by atoms with Crippen molar-refractivity contribution in [2.24, 2.45) is 5.92 Å². The quantitative estimate of drug-likeness (QED) is 0.940. The van der Waals surface area contributed by atoms with Gasteiger partial charge in [-0.1, -0.05) is 13.0 Å². The van der Waals surface area contributed by atoms with Crippen molar-refractivity contribution < 1.29 is 14.3 Å². The van der Waals surface area contributed by atoms with Crippen molar-refractivity contribution in [2.75, 3.05) is 6.54 Å². The molecular formula is C15H18N2O3S. The third-order valence-corrected chi connectivity index (χ3v) is 4.80. The molecule has 0 aromatic carbocycles. The van der Waals surface area contributed by atoms with Gasteiger partial charge in [0.25, 0.3) is 0 Å². The lowest BCUT2D eigenvalue weighted by atomic mass is 9.91. The van der Waals surface area contributed by atoms with Gasteiger partial charge < -0.3 is 9.52 Å². The highest BCUT2D eigenvalue weighted by Gasteiger charge is 2.34. The molecule has 0 spiro atoms. The van der Waals surface area contributed by atoms with Gasteiger partial charge in [-0.15, -0.1) is 11.3 Å². The van der Waals surface area contributed by atoms with Gasteiger partial charge in [-0.3, -0.25) is 9.69 Å². The van der Waals surface area contributed by atoms with Crippen molar-refractivity contribution in [2.45, 2.75) is 32.4 Å². The van der Waals surface area contributed by atoms with E-state index in [9.17, 15) is 9.90 Å². The van der Waals surface area contributed by atoms with Gasteiger partial charge in [0.2, 0.25) is 5.89 Å². The maximum atomic E-state index is 11.5. The smallest absolute Gasteiger partial charge is 0.321 e. The second kappa shape index (κ2) is 5.99. The number of likely N-dealkylation sites (tertiary alicyclic amines) is 1. The van der Waals surface area contributed by atoms with Crippen LogP contribution in [0, 0.1) is 5.92 Å². The number of piperidine rings is 1. The van der Waals surface area contributed by atoms with Crippen LogP contribution in [-0.4, -0.2) is 33.5 Å². The Morgan fingerprint density at radius 1 is 1.62 bits per heavy atom. The fourth-order valence-electron chi connectivity index (χ4n) is 2.95. The van der Waals surface area contributed by atoms with E-state index in [-0.39, 0.29) is 5.92 Å². The minimum atomic E-state index is -0.746. The zero-order valence-corrected chi connectivity index (χ0v) is 12.7. The fraction of sp³-hybridized carbons (Fsp3) is 0.467. The Balaban J connectivity index is 1.75. The Kier molecular flexibility index (Phi) is 4.07. The zero-order valence-electron chi connectivity index (χ0n) is 11.9. The minimum absolute atomic E-state index is 0.167. The number of carbonyl (C=O) groups is 1. The summed E-state index contributed by atoms with van der Waals surface area (Å²) in [6.07, 6.45) is 3.63. The number of carboxylic acids is 1. The normalized spacial score (nSPS) is 23.3. The molecule has 5 nitrogen and oxygen atoms in total. The van der Waals surface area contributed by atoms with Crippen LogP contribution < -0.4 is 0 Å². The summed E-state index contributed by atoms with van der Waals surface area (Å²) in [7, 11) is 0. The molecule has 0 radical (unpaired) electrons. The number of rotatable bonds is 4. The van der Waals surface area contributed by atoms with Crippen LogP contribution in [-0.2, 0) is 11.3 Å². The standard InChI is InChI=1S/C15H18N2O3S/c1-10-4-2-6-17(13(10)15(18)19)8-11-9-20-14(16-11)12-5-3-7-21-12/h3,5,7,9-10,13H,2,4,6,8H2,1H3,(H,18,19). The second-order valence-corrected chi connectivity index (χ2v) is 6.44. The molecule has 0 amide bonds. The molecular weight excluding hydrogens is 288 g/mol. The van der Waals surface area contributed by atoms with Gasteiger partial charge in [-0.25, -0.2) is 4.98 Å². The third kappa shape index (κ3) is 3.01. The number of carboxylic acid groups (broad SMARTS) is 1. The lowest BCUT2D eigenvalue weighted by Crippen LogP contribution is -2.48. The van der Waals surface area contributed by atoms with Crippen LogP contribution >= 0.6 is 11.3 Å². The van der Waals surface area contributed by atoms with Crippen LogP contribution in [0.2, 0.25) is 0 Å². The van der Waals surface area contributed by atoms with Crippen molar-refractivity contribution in [1.82, 2.24) is 9.88 Å². The van der Waals surface area contributed by atoms with E-state index >= 15 is 0 Å². The fourth-order valence-corrected chi connectivity index (χ4v) is 3.61. The molecule has 3 heterocycles. The molecule has 1 aliphatic rings. The summed E-state index contributed by atoms with van der Waals surface area (Å²) in [6.45, 7) is 3.32. The van der Waals surface area contributed by atoms with Crippen LogP contribution in [0.4, 0.5) is 0 Å². The van der Waals surface area contributed by atoms with Gasteiger partial charge >= 0.3 is 5.97 Å². The van der Waals surface area contributed by atoms with Gasteiger partial charge in [-0.05, 0) is 36.8 Å². The Hall–Kier alpha value is -1.66. The van der Waals surface area contributed by atoms with Gasteiger partial charge in [0.15, 0.2) is 0 Å². The predicted molar refractivity (Wildman–Crippen MR) is 80.0 cm³/mol. The first-order chi connectivity index (χ1) is 10.1. The van der Waals surface area contributed by atoms with E-state index < -0.39 is 12.0 Å². The highest BCUT2D eigenvalue weighted by molar-refractivity contribution is 7.13. The average Bonchev–Trinajstić information content (AvgIpc) is 3.08. The SMILES string of the molecule is CC1CCCN(Cc2coc(-c3cccs3)n2)C1C(=O)O. The van der Waals surface area contributed by atoms with E-state index in [2.05, 4.69) is 4.98 Å². The Morgan fingerprint density at radius 2 is 2.48 bits per heavy atom.